The largest absolute Gasteiger partial charge is 0.506 e. The molecule has 1 amide bonds. The summed E-state index contributed by atoms with van der Waals surface area (Å²) in [7, 11) is 2.62. The summed E-state index contributed by atoms with van der Waals surface area (Å²) in [5.74, 6) is -1.84. The third-order valence-electron chi connectivity index (χ3n) is 5.89. The molecule has 4 aromatic rings. The van der Waals surface area contributed by atoms with E-state index in [1.165, 1.54) is 17.7 Å². The summed E-state index contributed by atoms with van der Waals surface area (Å²) in [5, 5.41) is 13.8. The lowest BCUT2D eigenvalue weighted by atomic mass is 9.91. The van der Waals surface area contributed by atoms with Crippen LogP contribution in [0.3, 0.4) is 0 Å². The van der Waals surface area contributed by atoms with Crippen molar-refractivity contribution in [2.24, 2.45) is 7.05 Å². The number of hydrogen-bond donors (Lipinski definition) is 2. The number of aromatic hydroxyl groups is 1. The lowest BCUT2D eigenvalue weighted by molar-refractivity contribution is 0.0595. The minimum Gasteiger partial charge on any atom is -0.506 e. The number of pyridine rings is 1. The number of hydrogen-bond acceptors (Lipinski definition) is 5. The molecule has 172 valence electrons. The van der Waals surface area contributed by atoms with Gasteiger partial charge in [0.25, 0.3) is 11.5 Å². The van der Waals surface area contributed by atoms with Gasteiger partial charge >= 0.3 is 5.97 Å². The highest BCUT2D eigenvalue weighted by Crippen LogP contribution is 2.28. The molecule has 0 bridgehead atoms. The molecule has 0 aliphatic rings. The number of rotatable bonds is 6. The molecule has 0 fully saturated rings. The number of carbonyl (C=O) groups is 2. The van der Waals surface area contributed by atoms with Crippen LogP contribution in [0, 0.1) is 0 Å². The predicted octanol–water partition coefficient (Wildman–Crippen LogP) is 3.59. The van der Waals surface area contributed by atoms with Gasteiger partial charge in [0, 0.05) is 30.5 Å². The van der Waals surface area contributed by atoms with Crippen molar-refractivity contribution < 1.29 is 19.4 Å². The van der Waals surface area contributed by atoms with Crippen molar-refractivity contribution in [3.8, 4) is 5.75 Å². The van der Waals surface area contributed by atoms with Gasteiger partial charge in [-0.2, -0.15) is 0 Å². The van der Waals surface area contributed by atoms with Crippen molar-refractivity contribution in [2.45, 2.75) is 5.92 Å². The van der Waals surface area contributed by atoms with E-state index < -0.39 is 22.8 Å². The van der Waals surface area contributed by atoms with E-state index in [0.717, 1.165) is 18.2 Å². The van der Waals surface area contributed by atoms with E-state index in [4.69, 9.17) is 0 Å². The van der Waals surface area contributed by atoms with Crippen LogP contribution in [-0.2, 0) is 11.8 Å². The molecule has 0 aliphatic carbocycles. The first-order valence-corrected chi connectivity index (χ1v) is 10.7. The second-order valence-corrected chi connectivity index (χ2v) is 7.90. The first-order valence-electron chi connectivity index (χ1n) is 10.7. The average Bonchev–Trinajstić information content (AvgIpc) is 2.88. The first kappa shape index (κ1) is 22.8. The molecule has 0 aliphatic heterocycles. The molecular weight excluding hydrogens is 432 g/mol. The Morgan fingerprint density at radius 3 is 2.12 bits per heavy atom. The SMILES string of the molecule is COC(=O)c1c(O)c2cc(C(=O)NCC(c3ccccc3)c3ccccc3)ccc2n(C)c1=O. The highest BCUT2D eigenvalue weighted by molar-refractivity contribution is 6.03. The third kappa shape index (κ3) is 4.28. The van der Waals surface area contributed by atoms with Gasteiger partial charge in [0.05, 0.1) is 12.6 Å². The van der Waals surface area contributed by atoms with Crippen LogP contribution in [0.15, 0.2) is 83.7 Å². The molecule has 2 N–H and O–H groups in total. The zero-order valence-electron chi connectivity index (χ0n) is 18.8. The normalized spacial score (nSPS) is 10.9. The number of benzene rings is 3. The second kappa shape index (κ2) is 9.62. The number of nitrogens with one attached hydrogen (secondary N) is 1. The van der Waals surface area contributed by atoms with E-state index >= 15 is 0 Å². The number of esters is 1. The fourth-order valence-corrected chi connectivity index (χ4v) is 4.05. The lowest BCUT2D eigenvalue weighted by Crippen LogP contribution is -2.29. The standard InChI is InChI=1S/C27H24N2O5/c1-29-22-14-13-19(15-20(22)24(30)23(26(29)32)27(33)34-2)25(31)28-16-21(17-9-5-3-6-10-17)18-11-7-4-8-12-18/h3-15,21,30H,16H2,1-2H3,(H,28,31). The summed E-state index contributed by atoms with van der Waals surface area (Å²) in [6, 6.07) is 24.4. The monoisotopic (exact) mass is 456 g/mol. The number of fused-ring (bicyclic) bond motifs is 1. The number of methoxy groups -OCH3 is 1. The Labute approximate surface area is 196 Å². The van der Waals surface area contributed by atoms with Gasteiger partial charge in [0.1, 0.15) is 5.75 Å². The minimum atomic E-state index is -0.941. The van der Waals surface area contributed by atoms with Crippen molar-refractivity contribution in [1.29, 1.82) is 0 Å². The molecule has 0 saturated heterocycles. The van der Waals surface area contributed by atoms with Gasteiger partial charge in [-0.25, -0.2) is 4.79 Å². The Balaban J connectivity index is 1.66. The van der Waals surface area contributed by atoms with Gasteiger partial charge in [0.15, 0.2) is 5.56 Å². The molecular formula is C27H24N2O5. The summed E-state index contributed by atoms with van der Waals surface area (Å²) < 4.78 is 5.88. The van der Waals surface area contributed by atoms with Crippen molar-refractivity contribution in [3.05, 3.63) is 111 Å². The first-order chi connectivity index (χ1) is 16.4. The van der Waals surface area contributed by atoms with E-state index in [1.807, 2.05) is 60.7 Å². The van der Waals surface area contributed by atoms with E-state index in [1.54, 1.807) is 12.1 Å². The van der Waals surface area contributed by atoms with Crippen LogP contribution in [0.5, 0.6) is 5.75 Å². The quantitative estimate of drug-likeness (QED) is 0.432. The van der Waals surface area contributed by atoms with Gasteiger partial charge in [-0.1, -0.05) is 60.7 Å². The number of amides is 1. The van der Waals surface area contributed by atoms with Gasteiger partial charge in [0.2, 0.25) is 0 Å². The summed E-state index contributed by atoms with van der Waals surface area (Å²) in [6.45, 7) is 0.359. The molecule has 0 unspecified atom stereocenters. The van der Waals surface area contributed by atoms with Gasteiger partial charge in [-0.15, -0.1) is 0 Å². The zero-order chi connectivity index (χ0) is 24.2. The fraction of sp³-hybridized carbons (Fsp3) is 0.148. The molecule has 7 heteroatoms. The second-order valence-electron chi connectivity index (χ2n) is 7.90. The Bertz CT molecular complexity index is 1370. The van der Waals surface area contributed by atoms with E-state index in [9.17, 15) is 19.5 Å². The van der Waals surface area contributed by atoms with Crippen molar-refractivity contribution in [3.63, 3.8) is 0 Å². The Morgan fingerprint density at radius 1 is 0.971 bits per heavy atom. The van der Waals surface area contributed by atoms with E-state index in [-0.39, 0.29) is 22.8 Å². The smallest absolute Gasteiger partial charge is 0.347 e. The van der Waals surface area contributed by atoms with Crippen LogP contribution in [0.1, 0.15) is 37.8 Å². The summed E-state index contributed by atoms with van der Waals surface area (Å²) >= 11 is 0. The molecule has 0 spiro atoms. The number of ether oxygens (including phenoxy) is 1. The fourth-order valence-electron chi connectivity index (χ4n) is 4.05. The molecule has 0 atom stereocenters. The maximum atomic E-state index is 13.0. The van der Waals surface area contributed by atoms with Crippen LogP contribution >= 0.6 is 0 Å². The number of aryl methyl sites for hydroxylation is 1. The van der Waals surface area contributed by atoms with Crippen molar-refractivity contribution in [1.82, 2.24) is 9.88 Å². The Hall–Kier alpha value is -4.39. The highest BCUT2D eigenvalue weighted by Gasteiger charge is 2.23. The van der Waals surface area contributed by atoms with Crippen LogP contribution in [-0.4, -0.2) is 35.2 Å². The average molecular weight is 456 g/mol. The minimum absolute atomic E-state index is 0.0491. The summed E-state index contributed by atoms with van der Waals surface area (Å²) in [6.07, 6.45) is 0. The van der Waals surface area contributed by atoms with Gasteiger partial charge < -0.3 is 19.7 Å². The molecule has 0 saturated carbocycles. The number of aromatic nitrogens is 1. The van der Waals surface area contributed by atoms with Gasteiger partial charge in [-0.3, -0.25) is 9.59 Å². The van der Waals surface area contributed by atoms with E-state index in [2.05, 4.69) is 10.1 Å². The van der Waals surface area contributed by atoms with Crippen LogP contribution in [0.4, 0.5) is 0 Å². The Kier molecular flexibility index (Phi) is 6.45. The molecule has 34 heavy (non-hydrogen) atoms. The predicted molar refractivity (Wildman–Crippen MR) is 129 cm³/mol. The molecule has 7 nitrogen and oxygen atoms in total. The number of carbonyl (C=O) groups excluding carboxylic acids is 2. The van der Waals surface area contributed by atoms with Crippen LogP contribution in [0.2, 0.25) is 0 Å². The van der Waals surface area contributed by atoms with Crippen molar-refractivity contribution in [2.75, 3.05) is 13.7 Å². The van der Waals surface area contributed by atoms with Crippen molar-refractivity contribution >= 4 is 22.8 Å². The van der Waals surface area contributed by atoms with E-state index in [0.29, 0.717) is 12.1 Å². The third-order valence-corrected chi connectivity index (χ3v) is 5.89. The molecule has 1 heterocycles. The van der Waals surface area contributed by atoms with Crippen LogP contribution < -0.4 is 10.9 Å². The lowest BCUT2D eigenvalue weighted by Gasteiger charge is -2.19. The summed E-state index contributed by atoms with van der Waals surface area (Å²) in [5.41, 5.74) is 1.67. The maximum absolute atomic E-state index is 13.0. The molecule has 4 rings (SSSR count). The topological polar surface area (TPSA) is 97.6 Å². The number of nitrogens with zero attached hydrogens (tertiary/aromatic N) is 1. The maximum Gasteiger partial charge on any atom is 0.347 e. The van der Waals surface area contributed by atoms with Gasteiger partial charge in [-0.05, 0) is 29.3 Å². The Morgan fingerprint density at radius 2 is 1.56 bits per heavy atom. The molecule has 3 aromatic carbocycles. The zero-order valence-corrected chi connectivity index (χ0v) is 18.8. The molecule has 1 aromatic heterocycles. The highest BCUT2D eigenvalue weighted by atomic mass is 16.5. The summed E-state index contributed by atoms with van der Waals surface area (Å²) in [4.78, 5) is 37.6. The van der Waals surface area contributed by atoms with Crippen LogP contribution in [0.25, 0.3) is 10.9 Å². The molecule has 0 radical (unpaired) electrons.